The van der Waals surface area contributed by atoms with Gasteiger partial charge in [-0.05, 0) is 83.2 Å². The van der Waals surface area contributed by atoms with Crippen molar-refractivity contribution in [2.75, 3.05) is 0 Å². The van der Waals surface area contributed by atoms with Crippen molar-refractivity contribution < 1.29 is 4.57 Å². The van der Waals surface area contributed by atoms with Crippen LogP contribution in [0.4, 0.5) is 0 Å². The molecular weight excluding hydrogens is 448 g/mol. The molecule has 0 spiro atoms. The fourth-order valence-corrected chi connectivity index (χ4v) is 6.49. The molecule has 0 aliphatic carbocycles. The molecule has 0 aliphatic rings. The molecule has 0 N–H and O–H groups in total. The van der Waals surface area contributed by atoms with Gasteiger partial charge in [0.2, 0.25) is 5.52 Å². The standard InChI is InChI=1S/C35H33N2/c1-21-16-28-27-19-25(24-10-8-7-9-11-24)12-13-29(27)37-30-18-23(20-35(3,4)5)17-26-14-15-36(6)34(32(26)30)31(22(21)2)33(28)37/h7-19H,20H2,1-6H3/q+1. The zero-order valence-corrected chi connectivity index (χ0v) is 22.6. The summed E-state index contributed by atoms with van der Waals surface area (Å²) in [6, 6.07) is 27.3. The number of nitrogens with zero attached hydrogens (tertiary/aromatic N) is 2. The van der Waals surface area contributed by atoms with Gasteiger partial charge in [-0.3, -0.25) is 0 Å². The van der Waals surface area contributed by atoms with Crippen molar-refractivity contribution in [1.82, 2.24) is 4.40 Å². The summed E-state index contributed by atoms with van der Waals surface area (Å²) in [5.41, 5.74) is 12.1. The zero-order chi connectivity index (χ0) is 25.6. The zero-order valence-electron chi connectivity index (χ0n) is 22.6. The number of fused-ring (bicyclic) bond motifs is 5. The summed E-state index contributed by atoms with van der Waals surface area (Å²) >= 11 is 0. The van der Waals surface area contributed by atoms with Crippen LogP contribution in [0.15, 0.2) is 79.0 Å². The molecule has 0 unspecified atom stereocenters. The third-order valence-electron chi connectivity index (χ3n) is 8.16. The predicted octanol–water partition coefficient (Wildman–Crippen LogP) is 8.69. The van der Waals surface area contributed by atoms with Crippen molar-refractivity contribution >= 4 is 49.0 Å². The minimum atomic E-state index is 0.224. The van der Waals surface area contributed by atoms with Gasteiger partial charge in [0, 0.05) is 16.8 Å². The molecule has 0 bridgehead atoms. The predicted molar refractivity (Wildman–Crippen MR) is 158 cm³/mol. The van der Waals surface area contributed by atoms with Crippen LogP contribution in [0.1, 0.15) is 37.5 Å². The third-order valence-corrected chi connectivity index (χ3v) is 8.16. The molecular formula is C35H33N2+. The SMILES string of the molecule is Cc1cc2c3cc(-c4ccccc4)ccc3n3c4cc(CC(C)(C)C)cc5cc[n+](C)c(c(c1C)c23)c54. The summed E-state index contributed by atoms with van der Waals surface area (Å²) in [7, 11) is 2.20. The lowest BCUT2D eigenvalue weighted by molar-refractivity contribution is -0.643. The highest BCUT2D eigenvalue weighted by molar-refractivity contribution is 6.26. The number of benzene rings is 4. The van der Waals surface area contributed by atoms with E-state index in [1.165, 1.54) is 76.8 Å². The van der Waals surface area contributed by atoms with E-state index in [4.69, 9.17) is 0 Å². The number of rotatable bonds is 2. The molecule has 2 heteroatoms. The Balaban J connectivity index is 1.74. The van der Waals surface area contributed by atoms with E-state index < -0.39 is 0 Å². The first-order chi connectivity index (χ1) is 17.7. The highest BCUT2D eigenvalue weighted by Crippen LogP contribution is 2.43. The van der Waals surface area contributed by atoms with E-state index in [1.54, 1.807) is 0 Å². The van der Waals surface area contributed by atoms with Crippen molar-refractivity contribution in [2.45, 2.75) is 41.0 Å². The lowest BCUT2D eigenvalue weighted by Crippen LogP contribution is -2.29. The van der Waals surface area contributed by atoms with Crippen LogP contribution in [-0.2, 0) is 13.5 Å². The second-order valence-corrected chi connectivity index (χ2v) is 12.1. The van der Waals surface area contributed by atoms with Crippen molar-refractivity contribution in [3.8, 4) is 11.1 Å². The minimum Gasteiger partial charge on any atom is -0.307 e. The number of aromatic nitrogens is 2. The van der Waals surface area contributed by atoms with Gasteiger partial charge in [0.05, 0.1) is 27.3 Å². The van der Waals surface area contributed by atoms with E-state index >= 15 is 0 Å². The van der Waals surface area contributed by atoms with Gasteiger partial charge in [0.15, 0.2) is 6.20 Å². The van der Waals surface area contributed by atoms with E-state index in [9.17, 15) is 0 Å². The average molecular weight is 482 g/mol. The summed E-state index contributed by atoms with van der Waals surface area (Å²) < 4.78 is 4.88. The van der Waals surface area contributed by atoms with Crippen LogP contribution in [0.3, 0.4) is 0 Å². The highest BCUT2D eigenvalue weighted by atomic mass is 15.0. The molecule has 0 amide bonds. The molecule has 7 aromatic rings. The maximum atomic E-state index is 2.56. The Kier molecular flexibility index (Phi) is 4.55. The molecule has 0 saturated carbocycles. The van der Waals surface area contributed by atoms with Crippen LogP contribution in [0.25, 0.3) is 60.1 Å². The van der Waals surface area contributed by atoms with Crippen molar-refractivity contribution in [3.63, 3.8) is 0 Å². The Morgan fingerprint density at radius 2 is 1.54 bits per heavy atom. The Labute approximate surface area is 218 Å². The summed E-state index contributed by atoms with van der Waals surface area (Å²) in [5.74, 6) is 0. The Hall–Kier alpha value is -3.91. The van der Waals surface area contributed by atoms with Crippen LogP contribution in [-0.4, -0.2) is 4.40 Å². The summed E-state index contributed by atoms with van der Waals surface area (Å²) in [5, 5.41) is 6.72. The van der Waals surface area contributed by atoms with E-state index in [1.807, 2.05) is 0 Å². The largest absolute Gasteiger partial charge is 0.307 e. The van der Waals surface area contributed by atoms with E-state index in [-0.39, 0.29) is 5.41 Å². The molecule has 2 nitrogen and oxygen atoms in total. The Morgan fingerprint density at radius 3 is 2.30 bits per heavy atom. The fourth-order valence-electron chi connectivity index (χ4n) is 6.49. The first-order valence-corrected chi connectivity index (χ1v) is 13.3. The second-order valence-electron chi connectivity index (χ2n) is 12.1. The van der Waals surface area contributed by atoms with Gasteiger partial charge < -0.3 is 4.40 Å². The van der Waals surface area contributed by atoms with Crippen LogP contribution >= 0.6 is 0 Å². The molecule has 0 atom stereocenters. The van der Waals surface area contributed by atoms with Crippen LogP contribution in [0.2, 0.25) is 0 Å². The summed E-state index contributed by atoms with van der Waals surface area (Å²) in [6.07, 6.45) is 3.29. The number of pyridine rings is 2. The molecule has 37 heavy (non-hydrogen) atoms. The Morgan fingerprint density at radius 1 is 0.757 bits per heavy atom. The second kappa shape index (κ2) is 7.55. The van der Waals surface area contributed by atoms with Gasteiger partial charge in [0.1, 0.15) is 7.05 Å². The molecule has 0 fully saturated rings. The number of hydrogen-bond acceptors (Lipinski definition) is 0. The van der Waals surface area contributed by atoms with E-state index in [0.717, 1.165) is 6.42 Å². The van der Waals surface area contributed by atoms with Crippen LogP contribution in [0.5, 0.6) is 0 Å². The lowest BCUT2D eigenvalue weighted by Gasteiger charge is -2.20. The lowest BCUT2D eigenvalue weighted by atomic mass is 9.87. The highest BCUT2D eigenvalue weighted by Gasteiger charge is 2.25. The van der Waals surface area contributed by atoms with Gasteiger partial charge >= 0.3 is 0 Å². The van der Waals surface area contributed by atoms with Crippen LogP contribution < -0.4 is 4.57 Å². The molecule has 3 heterocycles. The number of aryl methyl sites for hydroxylation is 3. The molecule has 0 saturated heterocycles. The number of hydrogen-bond donors (Lipinski definition) is 0. The molecule has 182 valence electrons. The van der Waals surface area contributed by atoms with Crippen LogP contribution in [0, 0.1) is 19.3 Å². The molecule has 0 radical (unpaired) electrons. The van der Waals surface area contributed by atoms with Crippen molar-refractivity contribution in [3.05, 3.63) is 95.7 Å². The summed E-state index contributed by atoms with van der Waals surface area (Å²) in [6.45, 7) is 11.5. The van der Waals surface area contributed by atoms with Gasteiger partial charge in [-0.15, -0.1) is 0 Å². The summed E-state index contributed by atoms with van der Waals surface area (Å²) in [4.78, 5) is 0. The maximum Gasteiger partial charge on any atom is 0.224 e. The van der Waals surface area contributed by atoms with Crippen molar-refractivity contribution in [1.29, 1.82) is 0 Å². The van der Waals surface area contributed by atoms with Gasteiger partial charge in [-0.2, -0.15) is 0 Å². The third kappa shape index (κ3) is 3.21. The van der Waals surface area contributed by atoms with Crippen molar-refractivity contribution in [2.24, 2.45) is 12.5 Å². The Bertz CT molecular complexity index is 2000. The smallest absolute Gasteiger partial charge is 0.224 e. The quantitative estimate of drug-likeness (QED) is 0.133. The first kappa shape index (κ1) is 22.3. The van der Waals surface area contributed by atoms with E-state index in [2.05, 4.69) is 130 Å². The molecule has 4 aromatic carbocycles. The van der Waals surface area contributed by atoms with Gasteiger partial charge in [-0.1, -0.05) is 63.2 Å². The van der Waals surface area contributed by atoms with E-state index in [0.29, 0.717) is 0 Å². The molecule has 0 aliphatic heterocycles. The van der Waals surface area contributed by atoms with Gasteiger partial charge in [0.25, 0.3) is 0 Å². The topological polar surface area (TPSA) is 8.29 Å². The average Bonchev–Trinajstić information content (AvgIpc) is 3.18. The minimum absolute atomic E-state index is 0.224. The maximum absolute atomic E-state index is 2.56. The molecule has 7 rings (SSSR count). The fraction of sp³-hybridized carbons (Fsp3) is 0.229. The monoisotopic (exact) mass is 481 g/mol. The molecule has 3 aromatic heterocycles. The first-order valence-electron chi connectivity index (χ1n) is 13.3. The van der Waals surface area contributed by atoms with Gasteiger partial charge in [-0.25, -0.2) is 4.57 Å². The normalized spacial score (nSPS) is 12.7.